The van der Waals surface area contributed by atoms with Gasteiger partial charge in [0, 0.05) is 12.2 Å². The Kier molecular flexibility index (Phi) is 7.69. The van der Waals surface area contributed by atoms with Crippen molar-refractivity contribution >= 4 is 35.6 Å². The lowest BCUT2D eigenvalue weighted by Gasteiger charge is -2.10. The number of rotatable bonds is 4. The third kappa shape index (κ3) is 6.35. The molecule has 0 spiro atoms. The predicted octanol–water partition coefficient (Wildman–Crippen LogP) is 2.84. The summed E-state index contributed by atoms with van der Waals surface area (Å²) in [6.45, 7) is 6.61. The molecule has 0 aliphatic carbocycles. The number of aliphatic imine (C=N–C) groups is 1. The SMILES string of the molecule is CCN=C(N)Nc1ccc(OC(C)C)cc1.I. The summed E-state index contributed by atoms with van der Waals surface area (Å²) in [7, 11) is 0. The number of hydrogen-bond donors (Lipinski definition) is 2. The van der Waals surface area contributed by atoms with Crippen LogP contribution in [0.4, 0.5) is 5.69 Å². The Balaban J connectivity index is 0.00000256. The molecule has 0 bridgehead atoms. The number of anilines is 1. The van der Waals surface area contributed by atoms with Crippen molar-refractivity contribution in [3.8, 4) is 5.75 Å². The smallest absolute Gasteiger partial charge is 0.193 e. The van der Waals surface area contributed by atoms with Gasteiger partial charge in [-0.15, -0.1) is 24.0 Å². The molecule has 0 atom stereocenters. The van der Waals surface area contributed by atoms with E-state index in [1.807, 2.05) is 45.0 Å². The molecule has 96 valence electrons. The molecule has 5 heteroatoms. The van der Waals surface area contributed by atoms with E-state index in [-0.39, 0.29) is 30.1 Å². The van der Waals surface area contributed by atoms with Crippen LogP contribution in [0.15, 0.2) is 29.3 Å². The molecule has 0 heterocycles. The van der Waals surface area contributed by atoms with E-state index in [0.29, 0.717) is 12.5 Å². The van der Waals surface area contributed by atoms with Crippen LogP contribution in [0.25, 0.3) is 0 Å². The van der Waals surface area contributed by atoms with Gasteiger partial charge in [0.1, 0.15) is 5.75 Å². The molecule has 0 aliphatic heterocycles. The van der Waals surface area contributed by atoms with E-state index in [1.165, 1.54) is 0 Å². The Hall–Kier alpha value is -0.980. The average molecular weight is 349 g/mol. The summed E-state index contributed by atoms with van der Waals surface area (Å²) in [5.41, 5.74) is 6.55. The van der Waals surface area contributed by atoms with Crippen LogP contribution in [0.2, 0.25) is 0 Å². The normalized spacial score (nSPS) is 10.9. The molecule has 4 nitrogen and oxygen atoms in total. The van der Waals surface area contributed by atoms with E-state index in [2.05, 4.69) is 10.3 Å². The number of guanidine groups is 1. The quantitative estimate of drug-likeness (QED) is 0.499. The molecule has 0 saturated carbocycles. The zero-order chi connectivity index (χ0) is 12.0. The van der Waals surface area contributed by atoms with Gasteiger partial charge >= 0.3 is 0 Å². The highest BCUT2D eigenvalue weighted by atomic mass is 127. The number of hydrogen-bond acceptors (Lipinski definition) is 2. The van der Waals surface area contributed by atoms with Crippen molar-refractivity contribution in [2.45, 2.75) is 26.9 Å². The summed E-state index contributed by atoms with van der Waals surface area (Å²) in [4.78, 5) is 4.04. The average Bonchev–Trinajstić information content (AvgIpc) is 2.20. The van der Waals surface area contributed by atoms with E-state index in [9.17, 15) is 0 Å². The van der Waals surface area contributed by atoms with Gasteiger partial charge in [-0.05, 0) is 45.0 Å². The number of ether oxygens (including phenoxy) is 1. The minimum Gasteiger partial charge on any atom is -0.491 e. The van der Waals surface area contributed by atoms with Crippen LogP contribution in [-0.4, -0.2) is 18.6 Å². The van der Waals surface area contributed by atoms with Gasteiger partial charge in [-0.3, -0.25) is 4.99 Å². The predicted molar refractivity (Wildman–Crippen MR) is 83.4 cm³/mol. The lowest BCUT2D eigenvalue weighted by molar-refractivity contribution is 0.242. The second-order valence-electron chi connectivity index (χ2n) is 3.68. The second kappa shape index (κ2) is 8.16. The maximum atomic E-state index is 5.64. The molecule has 1 aromatic rings. The van der Waals surface area contributed by atoms with E-state index in [0.717, 1.165) is 11.4 Å². The molecular weight excluding hydrogens is 329 g/mol. The zero-order valence-corrected chi connectivity index (χ0v) is 12.8. The Bertz CT molecular complexity index is 349. The van der Waals surface area contributed by atoms with Crippen LogP contribution >= 0.6 is 24.0 Å². The summed E-state index contributed by atoms with van der Waals surface area (Å²) >= 11 is 0. The Morgan fingerprint density at radius 2 is 1.94 bits per heavy atom. The van der Waals surface area contributed by atoms with Crippen molar-refractivity contribution < 1.29 is 4.74 Å². The standard InChI is InChI=1S/C12H19N3O.HI/c1-4-14-12(13)15-10-5-7-11(8-6-10)16-9(2)3;/h5-9H,4H2,1-3H3,(H3,13,14,15);1H. The number of halogens is 1. The fraction of sp³-hybridized carbons (Fsp3) is 0.417. The van der Waals surface area contributed by atoms with E-state index < -0.39 is 0 Å². The van der Waals surface area contributed by atoms with E-state index in [4.69, 9.17) is 10.5 Å². The first-order chi connectivity index (χ1) is 7.61. The number of nitrogens with two attached hydrogens (primary N) is 1. The molecule has 0 unspecified atom stereocenters. The second-order valence-corrected chi connectivity index (χ2v) is 3.68. The van der Waals surface area contributed by atoms with Crippen molar-refractivity contribution in [3.05, 3.63) is 24.3 Å². The van der Waals surface area contributed by atoms with Gasteiger partial charge in [0.15, 0.2) is 5.96 Å². The highest BCUT2D eigenvalue weighted by molar-refractivity contribution is 14.0. The Morgan fingerprint density at radius 1 is 1.35 bits per heavy atom. The molecular formula is C12H20IN3O. The fourth-order valence-corrected chi connectivity index (χ4v) is 1.25. The minimum atomic E-state index is 0. The summed E-state index contributed by atoms with van der Waals surface area (Å²) in [5, 5.41) is 3.00. The number of nitrogens with zero attached hydrogens (tertiary/aromatic N) is 1. The lowest BCUT2D eigenvalue weighted by atomic mass is 10.3. The summed E-state index contributed by atoms with van der Waals surface area (Å²) in [6, 6.07) is 7.63. The van der Waals surface area contributed by atoms with E-state index >= 15 is 0 Å². The molecule has 0 amide bonds. The highest BCUT2D eigenvalue weighted by Gasteiger charge is 1.98. The van der Waals surface area contributed by atoms with E-state index in [1.54, 1.807) is 0 Å². The zero-order valence-electron chi connectivity index (χ0n) is 10.4. The van der Waals surface area contributed by atoms with Crippen LogP contribution in [0.3, 0.4) is 0 Å². The largest absolute Gasteiger partial charge is 0.491 e. The first kappa shape index (κ1) is 16.0. The van der Waals surface area contributed by atoms with Gasteiger partial charge < -0.3 is 15.8 Å². The third-order valence-electron chi connectivity index (χ3n) is 1.83. The summed E-state index contributed by atoms with van der Waals surface area (Å²) in [5.74, 6) is 1.28. The van der Waals surface area contributed by atoms with Crippen molar-refractivity contribution in [3.63, 3.8) is 0 Å². The Labute approximate surface area is 120 Å². The van der Waals surface area contributed by atoms with Gasteiger partial charge in [0.25, 0.3) is 0 Å². The first-order valence-electron chi connectivity index (χ1n) is 5.45. The molecule has 1 rings (SSSR count). The van der Waals surface area contributed by atoms with Gasteiger partial charge in [-0.1, -0.05) is 0 Å². The molecule has 1 aromatic carbocycles. The first-order valence-corrected chi connectivity index (χ1v) is 5.45. The molecule has 0 radical (unpaired) electrons. The van der Waals surface area contributed by atoms with Crippen molar-refractivity contribution in [2.75, 3.05) is 11.9 Å². The lowest BCUT2D eigenvalue weighted by Crippen LogP contribution is -2.22. The van der Waals surface area contributed by atoms with Crippen LogP contribution in [-0.2, 0) is 0 Å². The van der Waals surface area contributed by atoms with Crippen LogP contribution < -0.4 is 15.8 Å². The van der Waals surface area contributed by atoms with Crippen molar-refractivity contribution in [1.82, 2.24) is 0 Å². The van der Waals surface area contributed by atoms with Crippen molar-refractivity contribution in [1.29, 1.82) is 0 Å². The van der Waals surface area contributed by atoms with Gasteiger partial charge in [-0.2, -0.15) is 0 Å². The van der Waals surface area contributed by atoms with Crippen LogP contribution in [0, 0.1) is 0 Å². The maximum Gasteiger partial charge on any atom is 0.193 e. The maximum absolute atomic E-state index is 5.64. The van der Waals surface area contributed by atoms with Gasteiger partial charge in [-0.25, -0.2) is 0 Å². The van der Waals surface area contributed by atoms with Gasteiger partial charge in [0.05, 0.1) is 6.10 Å². The monoisotopic (exact) mass is 349 g/mol. The third-order valence-corrected chi connectivity index (χ3v) is 1.83. The number of benzene rings is 1. The van der Waals surface area contributed by atoms with Crippen LogP contribution in [0.1, 0.15) is 20.8 Å². The summed E-state index contributed by atoms with van der Waals surface area (Å²) in [6.07, 6.45) is 0.186. The topological polar surface area (TPSA) is 59.6 Å². The highest BCUT2D eigenvalue weighted by Crippen LogP contribution is 2.16. The molecule has 0 aromatic heterocycles. The van der Waals surface area contributed by atoms with Crippen LogP contribution in [0.5, 0.6) is 5.75 Å². The Morgan fingerprint density at radius 3 is 2.41 bits per heavy atom. The number of nitrogens with one attached hydrogen (secondary N) is 1. The molecule has 17 heavy (non-hydrogen) atoms. The molecule has 0 saturated heterocycles. The van der Waals surface area contributed by atoms with Crippen molar-refractivity contribution in [2.24, 2.45) is 10.7 Å². The molecule has 0 fully saturated rings. The van der Waals surface area contributed by atoms with Gasteiger partial charge in [0.2, 0.25) is 0 Å². The molecule has 3 N–H and O–H groups in total. The fourth-order valence-electron chi connectivity index (χ4n) is 1.25. The summed E-state index contributed by atoms with van der Waals surface area (Å²) < 4.78 is 5.53. The minimum absolute atomic E-state index is 0. The molecule has 0 aliphatic rings.